The summed E-state index contributed by atoms with van der Waals surface area (Å²) < 4.78 is 0. The number of para-hydroxylation sites is 1. The van der Waals surface area contributed by atoms with Crippen molar-refractivity contribution in [3.8, 4) is 33.4 Å². The molecule has 270 valence electrons. The Morgan fingerprint density at radius 3 is 1.74 bits per heavy atom. The smallest absolute Gasteiger partial charge is 0.0714 e. The second kappa shape index (κ2) is 12.8. The van der Waals surface area contributed by atoms with Gasteiger partial charge in [-0.05, 0) is 103 Å². The topological polar surface area (TPSA) is 16.1 Å². The first-order chi connectivity index (χ1) is 28.0. The highest BCUT2D eigenvalue weighted by Crippen LogP contribution is 2.58. The summed E-state index contributed by atoms with van der Waals surface area (Å²) in [6, 6.07) is 71.8. The summed E-state index contributed by atoms with van der Waals surface area (Å²) in [4.78, 5) is 7.03. The molecular formula is C55H40N2. The molecule has 0 saturated carbocycles. The number of rotatable bonds is 6. The average Bonchev–Trinajstić information content (AvgIpc) is 3.70. The number of hydrogen-bond acceptors (Lipinski definition) is 2. The van der Waals surface area contributed by atoms with Crippen LogP contribution in [-0.2, 0) is 10.8 Å². The van der Waals surface area contributed by atoms with E-state index in [1.165, 1.54) is 66.4 Å². The van der Waals surface area contributed by atoms with Gasteiger partial charge in [0.15, 0.2) is 0 Å². The van der Waals surface area contributed by atoms with E-state index < -0.39 is 5.41 Å². The van der Waals surface area contributed by atoms with Crippen molar-refractivity contribution >= 4 is 27.8 Å². The van der Waals surface area contributed by atoms with Crippen molar-refractivity contribution in [1.82, 2.24) is 4.98 Å². The number of benzene rings is 8. The Labute approximate surface area is 334 Å². The molecule has 0 radical (unpaired) electrons. The van der Waals surface area contributed by atoms with Gasteiger partial charge in [-0.2, -0.15) is 0 Å². The Kier molecular flexibility index (Phi) is 7.46. The van der Waals surface area contributed by atoms with Gasteiger partial charge in [-0.1, -0.05) is 172 Å². The average molecular weight is 729 g/mol. The fourth-order valence-corrected chi connectivity index (χ4v) is 10.2. The summed E-state index contributed by atoms with van der Waals surface area (Å²) in [5.74, 6) is 0. The van der Waals surface area contributed by atoms with Crippen molar-refractivity contribution in [2.75, 3.05) is 4.90 Å². The summed E-state index contributed by atoms with van der Waals surface area (Å²) >= 11 is 0. The highest BCUT2D eigenvalue weighted by molar-refractivity contribution is 5.99. The first-order valence-electron chi connectivity index (χ1n) is 19.9. The number of aromatic nitrogens is 1. The fourth-order valence-electron chi connectivity index (χ4n) is 10.2. The first-order valence-corrected chi connectivity index (χ1v) is 19.9. The molecule has 0 saturated heterocycles. The van der Waals surface area contributed by atoms with Crippen LogP contribution >= 0.6 is 0 Å². The van der Waals surface area contributed by atoms with Crippen LogP contribution in [-0.4, -0.2) is 4.98 Å². The third kappa shape index (κ3) is 4.87. The lowest BCUT2D eigenvalue weighted by Gasteiger charge is -2.35. The molecule has 1 heterocycles. The first kappa shape index (κ1) is 33.3. The van der Waals surface area contributed by atoms with Crippen LogP contribution in [0.3, 0.4) is 0 Å². The number of pyridine rings is 1. The molecule has 57 heavy (non-hydrogen) atoms. The third-order valence-electron chi connectivity index (χ3n) is 12.6. The van der Waals surface area contributed by atoms with Crippen LogP contribution in [0.5, 0.6) is 0 Å². The van der Waals surface area contributed by atoms with Gasteiger partial charge in [0, 0.05) is 40.3 Å². The zero-order valence-electron chi connectivity index (χ0n) is 32.0. The van der Waals surface area contributed by atoms with Gasteiger partial charge in [0.25, 0.3) is 0 Å². The van der Waals surface area contributed by atoms with E-state index in [9.17, 15) is 0 Å². The lowest BCUT2D eigenvalue weighted by atomic mass is 9.67. The molecule has 0 fully saturated rings. The van der Waals surface area contributed by atoms with Crippen molar-refractivity contribution in [2.24, 2.45) is 0 Å². The summed E-state index contributed by atoms with van der Waals surface area (Å²) in [6.07, 6.45) is 3.82. The highest BCUT2D eigenvalue weighted by atomic mass is 15.1. The van der Waals surface area contributed by atoms with Crippen molar-refractivity contribution in [3.05, 3.63) is 240 Å². The normalized spacial score (nSPS) is 14.1. The standard InChI is InChI=1S/C55H40N2/c1-54(2)50-34-41(29-32-47(50)48-30-27-37-16-9-10-23-44(37)53(48)54)57(52-26-14-12-22-43(52)38-17-15-33-56-36-38)42-28-31-46-45-24-11-13-25-49(45)55(51(46)35-42,39-18-5-3-6-19-39)40-20-7-4-8-21-40/h3-36H,1-2H3. The monoisotopic (exact) mass is 728 g/mol. The molecule has 2 aliphatic rings. The maximum Gasteiger partial charge on any atom is 0.0714 e. The van der Waals surface area contributed by atoms with Crippen molar-refractivity contribution in [3.63, 3.8) is 0 Å². The van der Waals surface area contributed by atoms with Crippen LogP contribution in [0.2, 0.25) is 0 Å². The molecule has 9 aromatic rings. The van der Waals surface area contributed by atoms with Gasteiger partial charge in [0.1, 0.15) is 0 Å². The largest absolute Gasteiger partial charge is 0.310 e. The van der Waals surface area contributed by atoms with E-state index in [1.54, 1.807) is 0 Å². The molecule has 2 nitrogen and oxygen atoms in total. The Hall–Kier alpha value is -7.03. The van der Waals surface area contributed by atoms with Gasteiger partial charge in [-0.3, -0.25) is 4.98 Å². The summed E-state index contributed by atoms with van der Waals surface area (Å²) in [5, 5.41) is 2.61. The van der Waals surface area contributed by atoms with E-state index in [4.69, 9.17) is 0 Å². The molecule has 0 aliphatic heterocycles. The SMILES string of the molecule is CC1(C)c2cc(N(c3ccc4c(c3)C(c3ccccc3)(c3ccccc3)c3ccccc3-4)c3ccccc3-c3cccnc3)ccc2-c2ccc3ccccc3c21. The second-order valence-electron chi connectivity index (χ2n) is 15.9. The second-order valence-corrected chi connectivity index (χ2v) is 15.9. The van der Waals surface area contributed by atoms with Crippen molar-refractivity contribution in [2.45, 2.75) is 24.7 Å². The molecule has 11 rings (SSSR count). The molecule has 0 bridgehead atoms. The van der Waals surface area contributed by atoms with E-state index in [2.05, 4.69) is 212 Å². The molecule has 1 aromatic heterocycles. The number of anilines is 3. The molecule has 0 spiro atoms. The lowest BCUT2D eigenvalue weighted by molar-refractivity contribution is 0.666. The zero-order valence-corrected chi connectivity index (χ0v) is 32.0. The summed E-state index contributed by atoms with van der Waals surface area (Å²) in [6.45, 7) is 4.78. The van der Waals surface area contributed by atoms with E-state index in [0.29, 0.717) is 0 Å². The van der Waals surface area contributed by atoms with Crippen LogP contribution in [0.4, 0.5) is 17.1 Å². The summed E-state index contributed by atoms with van der Waals surface area (Å²) in [5.41, 5.74) is 17.8. The van der Waals surface area contributed by atoms with Gasteiger partial charge in [0.2, 0.25) is 0 Å². The molecule has 2 heteroatoms. The molecule has 8 aromatic carbocycles. The Morgan fingerprint density at radius 1 is 0.439 bits per heavy atom. The van der Waals surface area contributed by atoms with Crippen LogP contribution in [0.15, 0.2) is 207 Å². The van der Waals surface area contributed by atoms with Gasteiger partial charge in [-0.25, -0.2) is 0 Å². The predicted octanol–water partition coefficient (Wildman–Crippen LogP) is 14.0. The Bertz CT molecular complexity index is 2940. The number of hydrogen-bond donors (Lipinski definition) is 0. The minimum atomic E-state index is -0.512. The van der Waals surface area contributed by atoms with E-state index in [0.717, 1.165) is 28.2 Å². The van der Waals surface area contributed by atoms with E-state index in [-0.39, 0.29) is 5.41 Å². The maximum atomic E-state index is 4.56. The Morgan fingerprint density at radius 2 is 1.02 bits per heavy atom. The minimum Gasteiger partial charge on any atom is -0.310 e. The van der Waals surface area contributed by atoms with Crippen LogP contribution in [0.25, 0.3) is 44.2 Å². The quantitative estimate of drug-likeness (QED) is 0.169. The van der Waals surface area contributed by atoms with E-state index in [1.807, 2.05) is 18.5 Å². The van der Waals surface area contributed by atoms with Crippen molar-refractivity contribution in [1.29, 1.82) is 0 Å². The van der Waals surface area contributed by atoms with Gasteiger partial charge in [0.05, 0.1) is 11.1 Å². The van der Waals surface area contributed by atoms with Crippen LogP contribution in [0, 0.1) is 0 Å². The third-order valence-corrected chi connectivity index (χ3v) is 12.6. The maximum absolute atomic E-state index is 4.56. The number of nitrogens with zero attached hydrogens (tertiary/aromatic N) is 2. The highest BCUT2D eigenvalue weighted by Gasteiger charge is 2.46. The van der Waals surface area contributed by atoms with Gasteiger partial charge in [-0.15, -0.1) is 0 Å². The molecule has 2 aliphatic carbocycles. The van der Waals surface area contributed by atoms with E-state index >= 15 is 0 Å². The lowest BCUT2D eigenvalue weighted by Crippen LogP contribution is -2.28. The molecule has 0 unspecified atom stereocenters. The molecule has 0 N–H and O–H groups in total. The summed E-state index contributed by atoms with van der Waals surface area (Å²) in [7, 11) is 0. The molecular weight excluding hydrogens is 689 g/mol. The van der Waals surface area contributed by atoms with Crippen LogP contribution < -0.4 is 4.90 Å². The molecule has 0 amide bonds. The van der Waals surface area contributed by atoms with Gasteiger partial charge < -0.3 is 4.90 Å². The minimum absolute atomic E-state index is 0.203. The van der Waals surface area contributed by atoms with Gasteiger partial charge >= 0.3 is 0 Å². The fraction of sp³-hybridized carbons (Fsp3) is 0.0727. The zero-order chi connectivity index (χ0) is 38.1. The predicted molar refractivity (Wildman–Crippen MR) is 237 cm³/mol. The van der Waals surface area contributed by atoms with Crippen LogP contribution in [0.1, 0.15) is 47.2 Å². The molecule has 0 atom stereocenters. The number of fused-ring (bicyclic) bond motifs is 8. The Balaban J connectivity index is 1.18. The van der Waals surface area contributed by atoms with Crippen molar-refractivity contribution < 1.29 is 0 Å².